The highest BCUT2D eigenvalue weighted by Gasteiger charge is 2.40. The summed E-state index contributed by atoms with van der Waals surface area (Å²) < 4.78 is 0. The van der Waals surface area contributed by atoms with Crippen LogP contribution in [0.3, 0.4) is 0 Å². The van der Waals surface area contributed by atoms with Gasteiger partial charge in [-0.25, -0.2) is 10.9 Å². The fraction of sp³-hybridized carbons (Fsp3) is 0. The number of nitrogens with two attached hydrogens (primary N) is 1. The lowest BCUT2D eigenvalue weighted by molar-refractivity contribution is 0.0654. The predicted molar refractivity (Wildman–Crippen MR) is 61.2 cm³/mol. The fourth-order valence-electron chi connectivity index (χ4n) is 1.37. The molecule has 2 N–H and O–H groups in total. The van der Waals surface area contributed by atoms with E-state index in [1.807, 2.05) is 0 Å². The van der Waals surface area contributed by atoms with E-state index >= 15 is 0 Å². The Hall–Kier alpha value is -0.520. The van der Waals surface area contributed by atoms with Crippen LogP contribution in [0.4, 0.5) is 0 Å². The average molecular weight is 300 g/mol. The van der Waals surface area contributed by atoms with Crippen molar-refractivity contribution in [2.24, 2.45) is 5.84 Å². The van der Waals surface area contributed by atoms with Crippen molar-refractivity contribution in [1.29, 1.82) is 0 Å². The van der Waals surface area contributed by atoms with E-state index in [2.05, 4.69) is 0 Å². The van der Waals surface area contributed by atoms with Crippen molar-refractivity contribution in [2.75, 3.05) is 0 Å². The van der Waals surface area contributed by atoms with Crippen LogP contribution in [0.5, 0.6) is 0 Å². The lowest BCUT2D eigenvalue weighted by Gasteiger charge is -2.05. The first-order chi connectivity index (χ1) is 7.37. The molecule has 0 aromatic heterocycles. The molecule has 0 fully saturated rings. The Kier molecular flexibility index (Phi) is 2.80. The molecule has 2 rings (SSSR count). The van der Waals surface area contributed by atoms with E-state index in [0.717, 1.165) is 0 Å². The standard InChI is InChI=1S/C8H2Cl4N2O2/c9-3-1-2(4(10)6(12)5(3)11)8(16)14(13)7(1)15/h13H2. The Balaban J connectivity index is 2.91. The van der Waals surface area contributed by atoms with Gasteiger partial charge >= 0.3 is 0 Å². The first kappa shape index (κ1) is 12.0. The number of benzene rings is 1. The van der Waals surface area contributed by atoms with Gasteiger partial charge in [-0.3, -0.25) is 9.59 Å². The topological polar surface area (TPSA) is 63.4 Å². The molecular weight excluding hydrogens is 298 g/mol. The molecule has 0 aliphatic carbocycles. The molecule has 0 radical (unpaired) electrons. The van der Waals surface area contributed by atoms with E-state index in [1.165, 1.54) is 0 Å². The molecule has 1 heterocycles. The summed E-state index contributed by atoms with van der Waals surface area (Å²) in [4.78, 5) is 23.2. The van der Waals surface area contributed by atoms with E-state index < -0.39 is 11.8 Å². The summed E-state index contributed by atoms with van der Waals surface area (Å²) in [5.41, 5.74) is -0.234. The maximum Gasteiger partial charge on any atom is 0.277 e. The number of amides is 2. The molecule has 0 saturated heterocycles. The molecule has 0 unspecified atom stereocenters. The van der Waals surface area contributed by atoms with Crippen LogP contribution in [-0.2, 0) is 0 Å². The second-order valence-corrected chi connectivity index (χ2v) is 4.50. The number of carbonyl (C=O) groups is 2. The first-order valence-electron chi connectivity index (χ1n) is 3.87. The van der Waals surface area contributed by atoms with Crippen LogP contribution in [0.15, 0.2) is 0 Å². The summed E-state index contributed by atoms with van der Waals surface area (Å²) >= 11 is 23.1. The van der Waals surface area contributed by atoms with Gasteiger partial charge in [-0.15, -0.1) is 0 Å². The third kappa shape index (κ3) is 1.35. The van der Waals surface area contributed by atoms with Crippen molar-refractivity contribution in [2.45, 2.75) is 0 Å². The van der Waals surface area contributed by atoms with Crippen LogP contribution in [0, 0.1) is 0 Å². The summed E-state index contributed by atoms with van der Waals surface area (Å²) in [7, 11) is 0. The van der Waals surface area contributed by atoms with Gasteiger partial charge in [-0.05, 0) is 0 Å². The van der Waals surface area contributed by atoms with Crippen LogP contribution < -0.4 is 5.84 Å². The first-order valence-corrected chi connectivity index (χ1v) is 5.38. The maximum absolute atomic E-state index is 11.6. The van der Waals surface area contributed by atoms with Crippen LogP contribution in [0.25, 0.3) is 0 Å². The van der Waals surface area contributed by atoms with Crippen LogP contribution in [0.2, 0.25) is 20.1 Å². The van der Waals surface area contributed by atoms with Gasteiger partial charge in [0.05, 0.1) is 31.2 Å². The summed E-state index contributed by atoms with van der Waals surface area (Å²) in [5, 5.41) is -0.00321. The molecule has 1 aliphatic rings. The smallest absolute Gasteiger partial charge is 0.267 e. The van der Waals surface area contributed by atoms with Crippen LogP contribution in [0.1, 0.15) is 20.7 Å². The lowest BCUT2D eigenvalue weighted by Crippen LogP contribution is -2.36. The van der Waals surface area contributed by atoms with Crippen molar-refractivity contribution in [1.82, 2.24) is 5.01 Å². The van der Waals surface area contributed by atoms with Gasteiger partial charge < -0.3 is 0 Å². The Morgan fingerprint density at radius 1 is 0.750 bits per heavy atom. The Morgan fingerprint density at radius 2 is 1.06 bits per heavy atom. The van der Waals surface area contributed by atoms with E-state index in [-0.39, 0.29) is 31.2 Å². The minimum Gasteiger partial charge on any atom is -0.267 e. The zero-order chi connectivity index (χ0) is 12.2. The second-order valence-electron chi connectivity index (χ2n) is 2.99. The molecule has 1 aromatic carbocycles. The van der Waals surface area contributed by atoms with Gasteiger partial charge in [0.1, 0.15) is 0 Å². The monoisotopic (exact) mass is 298 g/mol. The van der Waals surface area contributed by atoms with Crippen molar-refractivity contribution < 1.29 is 9.59 Å². The van der Waals surface area contributed by atoms with Crippen molar-refractivity contribution >= 4 is 58.2 Å². The lowest BCUT2D eigenvalue weighted by atomic mass is 10.1. The predicted octanol–water partition coefficient (Wildman–Crippen LogP) is 2.77. The van der Waals surface area contributed by atoms with Gasteiger partial charge in [0.2, 0.25) is 0 Å². The van der Waals surface area contributed by atoms with Gasteiger partial charge in [0, 0.05) is 0 Å². The molecule has 0 bridgehead atoms. The molecule has 16 heavy (non-hydrogen) atoms. The molecule has 2 amide bonds. The number of nitrogens with zero attached hydrogens (tertiary/aromatic N) is 1. The highest BCUT2D eigenvalue weighted by molar-refractivity contribution is 6.55. The molecule has 4 nitrogen and oxygen atoms in total. The number of hydrogen-bond donors (Lipinski definition) is 1. The van der Waals surface area contributed by atoms with E-state index in [9.17, 15) is 9.59 Å². The van der Waals surface area contributed by atoms with E-state index in [4.69, 9.17) is 52.2 Å². The van der Waals surface area contributed by atoms with Crippen molar-refractivity contribution in [3.05, 3.63) is 31.2 Å². The zero-order valence-corrected chi connectivity index (χ0v) is 10.4. The van der Waals surface area contributed by atoms with Gasteiger partial charge in [0.15, 0.2) is 0 Å². The highest BCUT2D eigenvalue weighted by atomic mass is 35.5. The quantitative estimate of drug-likeness (QED) is 0.263. The largest absolute Gasteiger partial charge is 0.277 e. The minimum atomic E-state index is -0.759. The summed E-state index contributed by atoms with van der Waals surface area (Å²) in [6, 6.07) is 0. The fourth-order valence-corrected chi connectivity index (χ4v) is 2.38. The molecule has 84 valence electrons. The molecule has 8 heteroatoms. The van der Waals surface area contributed by atoms with Crippen molar-refractivity contribution in [3.8, 4) is 0 Å². The number of imide groups is 1. The second kappa shape index (κ2) is 3.75. The summed E-state index contributed by atoms with van der Waals surface area (Å²) in [6.45, 7) is 0. The third-order valence-corrected chi connectivity index (χ3v) is 3.93. The SMILES string of the molecule is NN1C(=O)c2c(Cl)c(Cl)c(Cl)c(Cl)c2C1=O. The number of carbonyl (C=O) groups excluding carboxylic acids is 2. The number of hydrazine groups is 1. The summed E-state index contributed by atoms with van der Waals surface area (Å²) in [5.74, 6) is 3.72. The Morgan fingerprint density at radius 3 is 1.38 bits per heavy atom. The average Bonchev–Trinajstić information content (AvgIpc) is 2.48. The minimum absolute atomic E-state index is 0.0801. The molecule has 1 aliphatic heterocycles. The number of hydrogen-bond acceptors (Lipinski definition) is 3. The third-order valence-electron chi connectivity index (χ3n) is 2.13. The highest BCUT2D eigenvalue weighted by Crippen LogP contribution is 2.44. The number of fused-ring (bicyclic) bond motifs is 1. The Labute approximate surface area is 110 Å². The molecular formula is C8H2Cl4N2O2. The normalized spacial score (nSPS) is 14.7. The molecule has 0 atom stereocenters. The van der Waals surface area contributed by atoms with E-state index in [1.54, 1.807) is 0 Å². The summed E-state index contributed by atoms with van der Waals surface area (Å²) in [6.07, 6.45) is 0. The molecule has 0 spiro atoms. The van der Waals surface area contributed by atoms with Gasteiger partial charge in [0.25, 0.3) is 11.8 Å². The van der Waals surface area contributed by atoms with Crippen LogP contribution in [-0.4, -0.2) is 16.8 Å². The van der Waals surface area contributed by atoms with Gasteiger partial charge in [-0.2, -0.15) is 0 Å². The zero-order valence-electron chi connectivity index (χ0n) is 7.35. The van der Waals surface area contributed by atoms with E-state index in [0.29, 0.717) is 5.01 Å². The van der Waals surface area contributed by atoms with Gasteiger partial charge in [-0.1, -0.05) is 46.4 Å². The molecule has 1 aromatic rings. The van der Waals surface area contributed by atoms with Crippen molar-refractivity contribution in [3.63, 3.8) is 0 Å². The molecule has 0 saturated carbocycles. The maximum atomic E-state index is 11.6. The number of halogens is 4. The Bertz CT molecular complexity index is 497. The van der Waals surface area contributed by atoms with Crippen LogP contribution >= 0.6 is 46.4 Å². The number of rotatable bonds is 0.